The van der Waals surface area contributed by atoms with Gasteiger partial charge in [-0.15, -0.1) is 11.6 Å². The number of carboxylic acids is 1. The van der Waals surface area contributed by atoms with Gasteiger partial charge in [0.1, 0.15) is 0 Å². The summed E-state index contributed by atoms with van der Waals surface area (Å²) in [4.78, 5) is 10.6. The Balaban J connectivity index is 0. The molecule has 0 aromatic carbocycles. The molecule has 0 aromatic heterocycles. The van der Waals surface area contributed by atoms with Gasteiger partial charge in [-0.2, -0.15) is 0 Å². The van der Waals surface area contributed by atoms with E-state index >= 15 is 0 Å². The highest BCUT2D eigenvalue weighted by Crippen LogP contribution is 2.14. The Morgan fingerprint density at radius 3 is 1.94 bits per heavy atom. The smallest absolute Gasteiger partial charge is 0.306 e. The molecule has 2 nitrogen and oxygen atoms in total. The second-order valence-electron chi connectivity index (χ2n) is 5.36. The summed E-state index contributed by atoms with van der Waals surface area (Å²) in [6.45, 7) is 9.96. The zero-order valence-electron chi connectivity index (χ0n) is 12.1. The van der Waals surface area contributed by atoms with Crippen LogP contribution in [0.3, 0.4) is 0 Å². The van der Waals surface area contributed by atoms with E-state index in [2.05, 4.69) is 6.92 Å². The number of carboxylic acid groups (broad SMARTS) is 1. The van der Waals surface area contributed by atoms with E-state index in [1.807, 2.05) is 27.7 Å². The van der Waals surface area contributed by atoms with Crippen molar-refractivity contribution in [2.45, 2.75) is 78.0 Å². The molecule has 17 heavy (non-hydrogen) atoms. The number of alkyl halides is 1. The molecular formula is C14H29ClO2. The lowest BCUT2D eigenvalue weighted by Gasteiger charge is -2.08. The Morgan fingerprint density at radius 1 is 1.18 bits per heavy atom. The number of halogens is 1. The Kier molecular flexibility index (Phi) is 12.2. The molecule has 1 unspecified atom stereocenters. The van der Waals surface area contributed by atoms with Gasteiger partial charge in [0.15, 0.2) is 0 Å². The predicted octanol–water partition coefficient (Wildman–Crippen LogP) is 5.09. The Morgan fingerprint density at radius 2 is 1.65 bits per heavy atom. The fourth-order valence-electron chi connectivity index (χ4n) is 1.32. The fourth-order valence-corrected chi connectivity index (χ4v) is 1.32. The third kappa shape index (κ3) is 21.6. The minimum absolute atomic E-state index is 0.0278. The SMILES string of the molecule is CC(C)(C)Cl.CCCCCCC(CC)C(=O)O. The predicted molar refractivity (Wildman–Crippen MR) is 75.8 cm³/mol. The van der Waals surface area contributed by atoms with Crippen LogP contribution in [0, 0.1) is 5.92 Å². The molecule has 0 aliphatic carbocycles. The van der Waals surface area contributed by atoms with Crippen LogP contribution in [0.5, 0.6) is 0 Å². The summed E-state index contributed by atoms with van der Waals surface area (Å²) in [6.07, 6.45) is 6.31. The van der Waals surface area contributed by atoms with Crippen molar-refractivity contribution in [2.75, 3.05) is 0 Å². The number of aliphatic carboxylic acids is 1. The average Bonchev–Trinajstić information content (AvgIpc) is 2.15. The minimum atomic E-state index is -0.631. The van der Waals surface area contributed by atoms with Crippen molar-refractivity contribution in [3.05, 3.63) is 0 Å². The third-order valence-electron chi connectivity index (χ3n) is 2.25. The van der Waals surface area contributed by atoms with E-state index in [9.17, 15) is 4.79 Å². The molecule has 0 saturated heterocycles. The molecule has 0 bridgehead atoms. The first-order valence-corrected chi connectivity index (χ1v) is 7.01. The van der Waals surface area contributed by atoms with Gasteiger partial charge < -0.3 is 5.11 Å². The van der Waals surface area contributed by atoms with Crippen LogP contribution >= 0.6 is 11.6 Å². The highest BCUT2D eigenvalue weighted by molar-refractivity contribution is 6.23. The molecule has 0 aliphatic rings. The second-order valence-corrected chi connectivity index (χ2v) is 6.49. The number of hydrogen-bond donors (Lipinski definition) is 1. The average molecular weight is 265 g/mol. The zero-order chi connectivity index (χ0) is 13.9. The van der Waals surface area contributed by atoms with E-state index in [4.69, 9.17) is 16.7 Å². The lowest BCUT2D eigenvalue weighted by Crippen LogP contribution is -2.12. The molecule has 0 spiro atoms. The summed E-state index contributed by atoms with van der Waals surface area (Å²) in [5.41, 5.74) is 0. The maximum Gasteiger partial charge on any atom is 0.306 e. The molecule has 0 amide bonds. The van der Waals surface area contributed by atoms with Crippen molar-refractivity contribution >= 4 is 17.6 Å². The first kappa shape index (κ1) is 19.1. The molecule has 0 radical (unpaired) electrons. The maximum atomic E-state index is 10.6. The Hall–Kier alpha value is -0.240. The van der Waals surface area contributed by atoms with Crippen LogP contribution in [0.25, 0.3) is 0 Å². The fraction of sp³-hybridized carbons (Fsp3) is 0.929. The molecule has 3 heteroatoms. The van der Waals surface area contributed by atoms with E-state index in [1.165, 1.54) is 19.3 Å². The lowest BCUT2D eigenvalue weighted by molar-refractivity contribution is -0.142. The second kappa shape index (κ2) is 10.9. The molecule has 0 fully saturated rings. The van der Waals surface area contributed by atoms with Gasteiger partial charge in [0.2, 0.25) is 0 Å². The highest BCUT2D eigenvalue weighted by atomic mass is 35.5. The van der Waals surface area contributed by atoms with Crippen LogP contribution in [0.1, 0.15) is 73.1 Å². The van der Waals surface area contributed by atoms with Crippen LogP contribution in [-0.2, 0) is 4.79 Å². The molecule has 0 heterocycles. The first-order valence-electron chi connectivity index (χ1n) is 6.64. The third-order valence-corrected chi connectivity index (χ3v) is 2.25. The summed E-state index contributed by atoms with van der Waals surface area (Å²) in [5, 5.41) is 8.73. The number of rotatable bonds is 7. The summed E-state index contributed by atoms with van der Waals surface area (Å²) < 4.78 is 0. The summed E-state index contributed by atoms with van der Waals surface area (Å²) in [5.74, 6) is -0.740. The molecule has 0 rings (SSSR count). The van der Waals surface area contributed by atoms with Crippen molar-refractivity contribution in [3.63, 3.8) is 0 Å². The molecule has 0 aliphatic heterocycles. The number of hydrogen-bond acceptors (Lipinski definition) is 1. The summed E-state index contributed by atoms with van der Waals surface area (Å²) in [6, 6.07) is 0. The van der Waals surface area contributed by atoms with E-state index in [1.54, 1.807) is 0 Å². The van der Waals surface area contributed by atoms with E-state index in [-0.39, 0.29) is 10.8 Å². The van der Waals surface area contributed by atoms with Crippen LogP contribution in [0.15, 0.2) is 0 Å². The van der Waals surface area contributed by atoms with Gasteiger partial charge in [-0.05, 0) is 33.6 Å². The zero-order valence-corrected chi connectivity index (χ0v) is 12.8. The van der Waals surface area contributed by atoms with Crippen molar-refractivity contribution in [1.82, 2.24) is 0 Å². The van der Waals surface area contributed by atoms with Gasteiger partial charge >= 0.3 is 5.97 Å². The lowest BCUT2D eigenvalue weighted by atomic mass is 9.99. The van der Waals surface area contributed by atoms with Crippen molar-refractivity contribution in [3.8, 4) is 0 Å². The van der Waals surface area contributed by atoms with E-state index < -0.39 is 5.97 Å². The van der Waals surface area contributed by atoms with Crippen LogP contribution < -0.4 is 0 Å². The molecular weight excluding hydrogens is 236 g/mol. The van der Waals surface area contributed by atoms with Gasteiger partial charge in [0, 0.05) is 4.87 Å². The van der Waals surface area contributed by atoms with Crippen LogP contribution in [-0.4, -0.2) is 16.0 Å². The van der Waals surface area contributed by atoms with Gasteiger partial charge in [0.05, 0.1) is 5.92 Å². The van der Waals surface area contributed by atoms with Gasteiger partial charge in [-0.25, -0.2) is 0 Å². The maximum absolute atomic E-state index is 10.6. The quantitative estimate of drug-likeness (QED) is 0.514. The topological polar surface area (TPSA) is 37.3 Å². The van der Waals surface area contributed by atoms with E-state index in [0.29, 0.717) is 0 Å². The van der Waals surface area contributed by atoms with Crippen molar-refractivity contribution in [1.29, 1.82) is 0 Å². The number of carbonyl (C=O) groups is 1. The highest BCUT2D eigenvalue weighted by Gasteiger charge is 2.13. The Bertz CT molecular complexity index is 179. The largest absolute Gasteiger partial charge is 0.481 e. The van der Waals surface area contributed by atoms with Gasteiger partial charge in [-0.1, -0.05) is 39.5 Å². The molecule has 1 N–H and O–H groups in total. The normalized spacial score (nSPS) is 12.6. The van der Waals surface area contributed by atoms with Crippen LogP contribution in [0.4, 0.5) is 0 Å². The Labute approximate surface area is 112 Å². The minimum Gasteiger partial charge on any atom is -0.481 e. The molecule has 104 valence electrons. The summed E-state index contributed by atoms with van der Waals surface area (Å²) in [7, 11) is 0. The monoisotopic (exact) mass is 264 g/mol. The summed E-state index contributed by atoms with van der Waals surface area (Å²) >= 11 is 5.53. The molecule has 0 aromatic rings. The molecule has 1 atom stereocenters. The van der Waals surface area contributed by atoms with Crippen molar-refractivity contribution < 1.29 is 9.90 Å². The molecule has 0 saturated carbocycles. The standard InChI is InChI=1S/C10H20O2.C4H9Cl/c1-3-5-6-7-8-9(4-2)10(11)12;1-4(2,3)5/h9H,3-8H2,1-2H3,(H,11,12);1-3H3. The van der Waals surface area contributed by atoms with Crippen molar-refractivity contribution in [2.24, 2.45) is 5.92 Å². The van der Waals surface area contributed by atoms with Gasteiger partial charge in [0.25, 0.3) is 0 Å². The van der Waals surface area contributed by atoms with Gasteiger partial charge in [-0.3, -0.25) is 4.79 Å². The van der Waals surface area contributed by atoms with Crippen LogP contribution in [0.2, 0.25) is 0 Å². The number of unbranched alkanes of at least 4 members (excludes halogenated alkanes) is 3. The van der Waals surface area contributed by atoms with E-state index in [0.717, 1.165) is 19.3 Å². The first-order chi connectivity index (χ1) is 7.72.